The fourth-order valence-electron chi connectivity index (χ4n) is 4.96. The monoisotopic (exact) mass is 473 g/mol. The van der Waals surface area contributed by atoms with Crippen molar-refractivity contribution in [2.75, 3.05) is 19.8 Å². The van der Waals surface area contributed by atoms with E-state index in [0.717, 1.165) is 69.3 Å². The maximum Gasteiger partial charge on any atom is 0.257 e. The van der Waals surface area contributed by atoms with E-state index in [2.05, 4.69) is 22.0 Å². The molecule has 6 rings (SSSR count). The number of hydrogen-bond donors (Lipinski definition) is 0. The summed E-state index contributed by atoms with van der Waals surface area (Å²) in [6.07, 6.45) is 2.57. The maximum absolute atomic E-state index is 13.8. The summed E-state index contributed by atoms with van der Waals surface area (Å²) >= 11 is 6.18. The van der Waals surface area contributed by atoms with Crippen LogP contribution in [0.4, 0.5) is 0 Å². The summed E-state index contributed by atoms with van der Waals surface area (Å²) in [4.78, 5) is 20.7. The average molecular weight is 474 g/mol. The predicted octanol–water partition coefficient (Wildman–Crippen LogP) is 4.43. The average Bonchev–Trinajstić information content (AvgIpc) is 2.86. The lowest BCUT2D eigenvalue weighted by Crippen LogP contribution is -2.37. The Kier molecular flexibility index (Phi) is 5.47. The van der Waals surface area contributed by atoms with Crippen LogP contribution in [0.15, 0.2) is 65.6 Å². The van der Waals surface area contributed by atoms with E-state index in [1.54, 1.807) is 10.8 Å². The smallest absolute Gasteiger partial charge is 0.257 e. The summed E-state index contributed by atoms with van der Waals surface area (Å²) in [5, 5.41) is 1.78. The van der Waals surface area contributed by atoms with Crippen molar-refractivity contribution in [3.8, 4) is 11.5 Å². The van der Waals surface area contributed by atoms with Gasteiger partial charge in [0.05, 0.1) is 6.54 Å². The van der Waals surface area contributed by atoms with Gasteiger partial charge in [0.15, 0.2) is 11.5 Å². The van der Waals surface area contributed by atoms with E-state index in [1.807, 2.05) is 42.5 Å². The number of nitrogens with zero attached hydrogens (tertiary/aromatic N) is 3. The van der Waals surface area contributed by atoms with Crippen LogP contribution in [0.3, 0.4) is 0 Å². The summed E-state index contributed by atoms with van der Waals surface area (Å²) in [5.74, 6) is 1.46. The van der Waals surface area contributed by atoms with Crippen molar-refractivity contribution in [1.82, 2.24) is 14.5 Å². The normalized spacial score (nSPS) is 15.3. The van der Waals surface area contributed by atoms with Gasteiger partial charge in [0.2, 0.25) is 0 Å². The third kappa shape index (κ3) is 3.93. The molecule has 7 heteroatoms. The van der Waals surface area contributed by atoms with Crippen LogP contribution in [-0.2, 0) is 26.1 Å². The first-order chi connectivity index (χ1) is 16.7. The lowest BCUT2D eigenvalue weighted by atomic mass is 9.97. The number of benzene rings is 2. The molecule has 0 unspecified atom stereocenters. The van der Waals surface area contributed by atoms with Gasteiger partial charge in [-0.05, 0) is 59.5 Å². The lowest BCUT2D eigenvalue weighted by molar-refractivity contribution is 0.171. The Hall–Kier alpha value is -3.35. The molecule has 0 spiro atoms. The molecule has 4 aromatic rings. The van der Waals surface area contributed by atoms with Crippen molar-refractivity contribution in [3.63, 3.8) is 0 Å². The number of fused-ring (bicyclic) bond motifs is 4. The number of rotatable bonds is 4. The van der Waals surface area contributed by atoms with Crippen LogP contribution in [0, 0.1) is 0 Å². The highest BCUT2D eigenvalue weighted by Crippen LogP contribution is 2.31. The molecule has 6 nitrogen and oxygen atoms in total. The van der Waals surface area contributed by atoms with Crippen molar-refractivity contribution in [3.05, 3.63) is 98.4 Å². The zero-order chi connectivity index (χ0) is 23.1. The quantitative estimate of drug-likeness (QED) is 0.439. The van der Waals surface area contributed by atoms with E-state index in [4.69, 9.17) is 21.1 Å². The largest absolute Gasteiger partial charge is 0.486 e. The van der Waals surface area contributed by atoms with E-state index in [0.29, 0.717) is 26.3 Å². The molecule has 0 bridgehead atoms. The van der Waals surface area contributed by atoms with Crippen LogP contribution < -0.4 is 15.0 Å². The van der Waals surface area contributed by atoms with Gasteiger partial charge in [-0.3, -0.25) is 14.3 Å². The zero-order valence-electron chi connectivity index (χ0n) is 18.7. The molecule has 0 atom stereocenters. The van der Waals surface area contributed by atoms with Crippen molar-refractivity contribution >= 4 is 22.6 Å². The Morgan fingerprint density at radius 1 is 0.912 bits per heavy atom. The Labute approximate surface area is 202 Å². The molecule has 172 valence electrons. The van der Waals surface area contributed by atoms with Gasteiger partial charge in [-0.15, -0.1) is 0 Å². The van der Waals surface area contributed by atoms with Crippen molar-refractivity contribution in [1.29, 1.82) is 0 Å². The number of ether oxygens (including phenoxy) is 2. The van der Waals surface area contributed by atoms with Gasteiger partial charge < -0.3 is 9.47 Å². The molecule has 0 saturated heterocycles. The summed E-state index contributed by atoms with van der Waals surface area (Å²) in [7, 11) is 0. The van der Waals surface area contributed by atoms with Crippen LogP contribution in [0.2, 0.25) is 5.02 Å². The first-order valence-corrected chi connectivity index (χ1v) is 11.9. The minimum Gasteiger partial charge on any atom is -0.486 e. The SMILES string of the molecule is O=c1c2c(c3cccnc3n1Cc1ccc3c(c1)OCCO3)CCN(Cc1cccc(Cl)c1)C2. The van der Waals surface area contributed by atoms with Crippen LogP contribution >= 0.6 is 11.6 Å². The Balaban J connectivity index is 1.38. The van der Waals surface area contributed by atoms with Gasteiger partial charge in [0.1, 0.15) is 18.9 Å². The molecular formula is C27H24ClN3O3. The number of pyridine rings is 2. The van der Waals surface area contributed by atoms with E-state index in [9.17, 15) is 4.79 Å². The minimum atomic E-state index is 0.0203. The summed E-state index contributed by atoms with van der Waals surface area (Å²) in [5.41, 5.74) is 4.84. The molecule has 0 aliphatic carbocycles. The minimum absolute atomic E-state index is 0.0203. The molecule has 0 saturated carbocycles. The topological polar surface area (TPSA) is 56.6 Å². The highest BCUT2D eigenvalue weighted by atomic mass is 35.5. The van der Waals surface area contributed by atoms with Crippen LogP contribution in [0.1, 0.15) is 22.3 Å². The molecule has 0 fully saturated rings. The standard InChI is InChI=1S/C27H24ClN3O3/c28-20-4-1-3-18(13-20)15-30-10-8-21-22-5-2-9-29-26(22)31(27(32)23(21)17-30)16-19-6-7-24-25(14-19)34-12-11-33-24/h1-7,9,13-14H,8,10-12,15-17H2. The van der Waals surface area contributed by atoms with Crippen LogP contribution in [-0.4, -0.2) is 34.2 Å². The van der Waals surface area contributed by atoms with Gasteiger partial charge in [-0.1, -0.05) is 29.8 Å². The zero-order valence-corrected chi connectivity index (χ0v) is 19.4. The third-order valence-electron chi connectivity index (χ3n) is 6.54. The predicted molar refractivity (Wildman–Crippen MR) is 132 cm³/mol. The second-order valence-corrected chi connectivity index (χ2v) is 9.23. The first kappa shape index (κ1) is 21.2. The molecular weight excluding hydrogens is 450 g/mol. The van der Waals surface area contributed by atoms with E-state index in [1.165, 1.54) is 0 Å². The van der Waals surface area contributed by atoms with E-state index in [-0.39, 0.29) is 5.56 Å². The van der Waals surface area contributed by atoms with E-state index >= 15 is 0 Å². The molecule has 0 radical (unpaired) electrons. The van der Waals surface area contributed by atoms with Gasteiger partial charge in [-0.25, -0.2) is 4.98 Å². The van der Waals surface area contributed by atoms with Gasteiger partial charge in [-0.2, -0.15) is 0 Å². The molecule has 2 aliphatic rings. The molecule has 0 amide bonds. The molecule has 34 heavy (non-hydrogen) atoms. The van der Waals surface area contributed by atoms with Crippen molar-refractivity contribution < 1.29 is 9.47 Å². The second kappa shape index (κ2) is 8.78. The Morgan fingerprint density at radius 3 is 2.65 bits per heavy atom. The fraction of sp³-hybridized carbons (Fsp3) is 0.259. The van der Waals surface area contributed by atoms with Crippen molar-refractivity contribution in [2.24, 2.45) is 0 Å². The molecule has 2 aromatic heterocycles. The second-order valence-electron chi connectivity index (χ2n) is 8.79. The molecule has 2 aliphatic heterocycles. The Morgan fingerprint density at radius 2 is 1.76 bits per heavy atom. The van der Waals surface area contributed by atoms with E-state index < -0.39 is 0 Å². The fourth-order valence-corrected chi connectivity index (χ4v) is 5.18. The number of hydrogen-bond acceptors (Lipinski definition) is 5. The van der Waals surface area contributed by atoms with Gasteiger partial charge in [0.25, 0.3) is 5.56 Å². The van der Waals surface area contributed by atoms with Crippen LogP contribution in [0.5, 0.6) is 11.5 Å². The van der Waals surface area contributed by atoms with Gasteiger partial charge in [0, 0.05) is 41.8 Å². The highest BCUT2D eigenvalue weighted by molar-refractivity contribution is 6.30. The number of halogens is 1. The van der Waals surface area contributed by atoms with Crippen LogP contribution in [0.25, 0.3) is 11.0 Å². The highest BCUT2D eigenvalue weighted by Gasteiger charge is 2.24. The summed E-state index contributed by atoms with van der Waals surface area (Å²) in [6.45, 7) is 3.75. The third-order valence-corrected chi connectivity index (χ3v) is 6.77. The molecule has 0 N–H and O–H groups in total. The summed E-state index contributed by atoms with van der Waals surface area (Å²) < 4.78 is 13.2. The Bertz CT molecular complexity index is 1450. The first-order valence-electron chi connectivity index (χ1n) is 11.5. The maximum atomic E-state index is 13.8. The van der Waals surface area contributed by atoms with Gasteiger partial charge >= 0.3 is 0 Å². The molecule has 4 heterocycles. The number of aromatic nitrogens is 2. The van der Waals surface area contributed by atoms with Crippen molar-refractivity contribution in [2.45, 2.75) is 26.1 Å². The lowest BCUT2D eigenvalue weighted by Gasteiger charge is -2.30. The molecule has 2 aromatic carbocycles. The summed E-state index contributed by atoms with van der Waals surface area (Å²) in [6, 6.07) is 17.8.